The number of allylic oxidation sites excluding steroid dienone is 1. The summed E-state index contributed by atoms with van der Waals surface area (Å²) >= 11 is 0. The van der Waals surface area contributed by atoms with Crippen LogP contribution in [0.25, 0.3) is 10.9 Å². The fourth-order valence-electron chi connectivity index (χ4n) is 11.8. The number of aromatic amines is 1. The second kappa shape index (κ2) is 15.4. The Morgan fingerprint density at radius 1 is 0.885 bits per heavy atom. The van der Waals surface area contributed by atoms with Crippen molar-refractivity contribution in [2.24, 2.45) is 35.0 Å². The van der Waals surface area contributed by atoms with Gasteiger partial charge in [0.15, 0.2) is 5.78 Å². The molecule has 1 aromatic heterocycles. The molecular formula is C45H65NO6. The zero-order valence-electron chi connectivity index (χ0n) is 33.7. The standard InChI is InChI=1S/C37H51NO4.C4H8.C2H2.2CH2O/c1-34(2)25-18-22-20(33(39)31(25)36(5,6)42-34)10-13-26-29(22)23-17-19-9-12-24-21-11-14-28(35(3,4)40-8)41-27(21)15-16-37(24,7)30(19)32(23)38-26;1-4(2)3;3*1-2/h10,13,19,21,24-25,27-28,30-31,38H,9,11-12,14-18H2,1-8H3;1H2,2-3H3;1-2H;2*1H2/t19?,21?,24?,25-,27?,28+,30?,31?,37+;;;;/m1..../s1. The van der Waals surface area contributed by atoms with Crippen molar-refractivity contribution in [3.05, 3.63) is 46.7 Å². The number of benzene rings is 1. The van der Waals surface area contributed by atoms with Crippen molar-refractivity contribution in [3.8, 4) is 12.8 Å². The number of Topliss-reactive ketones (excluding diaryl/α,β-unsaturated/α-hetero) is 1. The van der Waals surface area contributed by atoms with E-state index in [1.165, 1.54) is 59.0 Å². The molecule has 3 heterocycles. The van der Waals surface area contributed by atoms with E-state index in [1.54, 1.807) is 0 Å². The number of hydrogen-bond donors (Lipinski definition) is 1. The van der Waals surface area contributed by atoms with E-state index < -0.39 is 5.60 Å². The first-order valence-corrected chi connectivity index (χ1v) is 19.1. The average molecular weight is 716 g/mol. The minimum absolute atomic E-state index is 0.0753. The molecule has 0 radical (unpaired) electrons. The van der Waals surface area contributed by atoms with Crippen LogP contribution in [0.15, 0.2) is 24.3 Å². The molecule has 2 saturated carbocycles. The molecule has 2 saturated heterocycles. The highest BCUT2D eigenvalue weighted by molar-refractivity contribution is 6.06. The van der Waals surface area contributed by atoms with Crippen molar-refractivity contribution in [1.82, 2.24) is 4.98 Å². The van der Waals surface area contributed by atoms with Gasteiger partial charge >= 0.3 is 0 Å². The summed E-state index contributed by atoms with van der Waals surface area (Å²) < 4.78 is 19.2. The van der Waals surface area contributed by atoms with Gasteiger partial charge in [-0.2, -0.15) is 0 Å². The van der Waals surface area contributed by atoms with Crippen molar-refractivity contribution in [2.45, 2.75) is 149 Å². The minimum atomic E-state index is -0.433. The first kappa shape index (κ1) is 41.7. The van der Waals surface area contributed by atoms with E-state index in [1.807, 2.05) is 34.5 Å². The van der Waals surface area contributed by atoms with Crippen LogP contribution < -0.4 is 0 Å². The molecule has 7 heteroatoms. The van der Waals surface area contributed by atoms with Gasteiger partial charge in [0, 0.05) is 41.1 Å². The summed E-state index contributed by atoms with van der Waals surface area (Å²) in [4.78, 5) is 34.1. The highest BCUT2D eigenvalue weighted by Gasteiger charge is 2.61. The van der Waals surface area contributed by atoms with E-state index in [0.29, 0.717) is 35.6 Å². The molecule has 8 rings (SSSR count). The van der Waals surface area contributed by atoms with Gasteiger partial charge in [-0.1, -0.05) is 12.5 Å². The van der Waals surface area contributed by atoms with Crippen LogP contribution in [-0.4, -0.2) is 60.5 Å². The number of aromatic nitrogens is 1. The lowest BCUT2D eigenvalue weighted by Gasteiger charge is -2.59. The van der Waals surface area contributed by atoms with Crippen molar-refractivity contribution in [1.29, 1.82) is 0 Å². The Bertz CT molecular complexity index is 1640. The van der Waals surface area contributed by atoms with Crippen LogP contribution in [0.2, 0.25) is 0 Å². The molecule has 2 aromatic rings. The predicted molar refractivity (Wildman–Crippen MR) is 210 cm³/mol. The normalized spacial score (nSPS) is 34.2. The molecule has 6 unspecified atom stereocenters. The maximum atomic E-state index is 14.1. The Hall–Kier alpha value is -3.05. The Balaban J connectivity index is 0.000000552. The number of ether oxygens (including phenoxy) is 3. The van der Waals surface area contributed by atoms with Crippen LogP contribution in [0.5, 0.6) is 0 Å². The molecule has 0 spiro atoms. The van der Waals surface area contributed by atoms with E-state index in [-0.39, 0.29) is 34.6 Å². The van der Waals surface area contributed by atoms with Crippen molar-refractivity contribution < 1.29 is 28.6 Å². The lowest BCUT2D eigenvalue weighted by molar-refractivity contribution is -0.208. The van der Waals surface area contributed by atoms with Crippen molar-refractivity contribution in [3.63, 3.8) is 0 Å². The summed E-state index contributed by atoms with van der Waals surface area (Å²) in [5.41, 5.74) is 7.00. The van der Waals surface area contributed by atoms with Crippen LogP contribution in [0, 0.1) is 47.9 Å². The number of rotatable bonds is 2. The van der Waals surface area contributed by atoms with Crippen LogP contribution in [0.4, 0.5) is 0 Å². The van der Waals surface area contributed by atoms with Gasteiger partial charge in [-0.05, 0) is 153 Å². The Morgan fingerprint density at radius 3 is 2.13 bits per heavy atom. The maximum Gasteiger partial charge on any atom is 0.169 e. The minimum Gasteiger partial charge on any atom is -0.376 e. The molecule has 7 nitrogen and oxygen atoms in total. The lowest BCUT2D eigenvalue weighted by Crippen LogP contribution is -2.56. The second-order valence-electron chi connectivity index (χ2n) is 18.1. The highest BCUT2D eigenvalue weighted by Crippen LogP contribution is 2.66. The number of carbonyl (C=O) groups excluding carboxylic acids is 3. The van der Waals surface area contributed by atoms with Gasteiger partial charge in [0.1, 0.15) is 13.6 Å². The van der Waals surface area contributed by atoms with Gasteiger partial charge in [0.25, 0.3) is 0 Å². The fraction of sp³-hybridized carbons (Fsp3) is 0.667. The number of fused-ring (bicyclic) bond motifs is 12. The summed E-state index contributed by atoms with van der Waals surface area (Å²) in [6.45, 7) is 27.1. The number of nitrogens with one attached hydrogen (secondary N) is 1. The second-order valence-corrected chi connectivity index (χ2v) is 18.1. The Kier molecular flexibility index (Phi) is 12.3. The summed E-state index contributed by atoms with van der Waals surface area (Å²) in [5.74, 6) is 3.05. The molecule has 286 valence electrons. The SMILES string of the molecule is C#C.C=C(C)C.C=O.C=O.COC(C)(C)[C@@H]1CCC2C(CC[C@@]3(C)C2CCC2Cc4c([nH]c5ccc6c(c45)C[C@@H]4C(C6=O)C(C)(C)OC4(C)C)C23)O1. The number of carbonyl (C=O) groups is 3. The first-order chi connectivity index (χ1) is 24.5. The molecule has 0 bridgehead atoms. The smallest absolute Gasteiger partial charge is 0.169 e. The summed E-state index contributed by atoms with van der Waals surface area (Å²) in [6.07, 6.45) is 18.0. The van der Waals surface area contributed by atoms with Gasteiger partial charge in [-0.15, -0.1) is 19.4 Å². The van der Waals surface area contributed by atoms with Crippen LogP contribution in [0.3, 0.4) is 0 Å². The van der Waals surface area contributed by atoms with E-state index in [4.69, 9.17) is 23.8 Å². The van der Waals surface area contributed by atoms with Gasteiger partial charge in [-0.3, -0.25) is 4.79 Å². The molecule has 9 atom stereocenters. The molecular weight excluding hydrogens is 650 g/mol. The van der Waals surface area contributed by atoms with Gasteiger partial charge < -0.3 is 28.8 Å². The predicted octanol–water partition coefficient (Wildman–Crippen LogP) is 9.24. The summed E-state index contributed by atoms with van der Waals surface area (Å²) in [5, 5.41) is 1.38. The number of terminal acetylenes is 1. The Morgan fingerprint density at radius 2 is 1.52 bits per heavy atom. The van der Waals surface area contributed by atoms with Crippen LogP contribution in [0.1, 0.15) is 134 Å². The van der Waals surface area contributed by atoms with E-state index >= 15 is 0 Å². The Labute approximate surface area is 313 Å². The third-order valence-corrected chi connectivity index (χ3v) is 13.8. The van der Waals surface area contributed by atoms with Crippen molar-refractivity contribution >= 4 is 30.3 Å². The molecule has 1 aromatic carbocycles. The fourth-order valence-corrected chi connectivity index (χ4v) is 11.8. The van der Waals surface area contributed by atoms with Crippen molar-refractivity contribution in [2.75, 3.05) is 7.11 Å². The highest BCUT2D eigenvalue weighted by atomic mass is 16.6. The molecule has 4 fully saturated rings. The third kappa shape index (κ3) is 6.78. The third-order valence-electron chi connectivity index (χ3n) is 13.8. The molecule has 1 N–H and O–H groups in total. The average Bonchev–Trinajstić information content (AvgIpc) is 3.71. The summed E-state index contributed by atoms with van der Waals surface area (Å²) in [7, 11) is 1.82. The van der Waals surface area contributed by atoms with Crippen LogP contribution in [-0.2, 0) is 36.6 Å². The van der Waals surface area contributed by atoms with Gasteiger partial charge in [0.2, 0.25) is 0 Å². The lowest BCUT2D eigenvalue weighted by atomic mass is 9.49. The van der Waals surface area contributed by atoms with E-state index in [2.05, 4.69) is 85.0 Å². The number of methoxy groups -OCH3 is 1. The van der Waals surface area contributed by atoms with Gasteiger partial charge in [0.05, 0.1) is 34.9 Å². The number of hydrogen-bond acceptors (Lipinski definition) is 6. The maximum absolute atomic E-state index is 14.1. The first-order valence-electron chi connectivity index (χ1n) is 19.1. The summed E-state index contributed by atoms with van der Waals surface area (Å²) in [6, 6.07) is 4.33. The largest absolute Gasteiger partial charge is 0.376 e. The van der Waals surface area contributed by atoms with Gasteiger partial charge in [-0.25, -0.2) is 0 Å². The molecule has 6 aliphatic rings. The zero-order chi connectivity index (χ0) is 39.1. The molecule has 52 heavy (non-hydrogen) atoms. The topological polar surface area (TPSA) is 94.7 Å². The molecule has 4 aliphatic carbocycles. The number of ketones is 1. The quantitative estimate of drug-likeness (QED) is 0.246. The van der Waals surface area contributed by atoms with E-state index in [0.717, 1.165) is 31.2 Å². The molecule has 0 amide bonds. The van der Waals surface area contributed by atoms with Crippen LogP contribution >= 0.6 is 0 Å². The molecule has 2 aliphatic heterocycles. The zero-order valence-corrected chi connectivity index (χ0v) is 33.7. The monoisotopic (exact) mass is 715 g/mol. The van der Waals surface area contributed by atoms with E-state index in [9.17, 15) is 4.79 Å². The number of H-pyrrole nitrogens is 1.